The first-order valence-corrected chi connectivity index (χ1v) is 7.48. The monoisotopic (exact) mass is 304 g/mol. The van der Waals surface area contributed by atoms with Gasteiger partial charge in [-0.15, -0.1) is 11.6 Å². The second-order valence-corrected chi connectivity index (χ2v) is 5.17. The molecule has 110 valence electrons. The fourth-order valence-electron chi connectivity index (χ4n) is 2.37. The third kappa shape index (κ3) is 2.93. The van der Waals surface area contributed by atoms with Gasteiger partial charge in [-0.25, -0.2) is 0 Å². The van der Waals surface area contributed by atoms with E-state index in [4.69, 9.17) is 25.8 Å². The van der Waals surface area contributed by atoms with Crippen LogP contribution in [0.3, 0.4) is 0 Å². The van der Waals surface area contributed by atoms with E-state index >= 15 is 0 Å². The minimum absolute atomic E-state index is 0.288. The van der Waals surface area contributed by atoms with Crippen LogP contribution in [0.15, 0.2) is 42.5 Å². The van der Waals surface area contributed by atoms with Gasteiger partial charge < -0.3 is 14.2 Å². The van der Waals surface area contributed by atoms with E-state index in [0.717, 1.165) is 28.4 Å². The Labute approximate surface area is 129 Å². The predicted molar refractivity (Wildman–Crippen MR) is 82.7 cm³/mol. The van der Waals surface area contributed by atoms with E-state index in [9.17, 15) is 0 Å². The van der Waals surface area contributed by atoms with Crippen LogP contribution in [0.4, 0.5) is 0 Å². The molecule has 0 spiro atoms. The molecule has 0 aromatic heterocycles. The van der Waals surface area contributed by atoms with E-state index in [2.05, 4.69) is 0 Å². The number of hydrogen-bond donors (Lipinski definition) is 0. The molecule has 0 saturated carbocycles. The lowest BCUT2D eigenvalue weighted by atomic mass is 10.0. The Morgan fingerprint density at radius 3 is 2.67 bits per heavy atom. The molecule has 1 aliphatic heterocycles. The van der Waals surface area contributed by atoms with Crippen LogP contribution in [-0.4, -0.2) is 19.8 Å². The molecule has 0 radical (unpaired) electrons. The van der Waals surface area contributed by atoms with E-state index in [1.54, 1.807) is 0 Å². The fourth-order valence-corrected chi connectivity index (χ4v) is 2.69. The van der Waals surface area contributed by atoms with Crippen molar-refractivity contribution in [1.29, 1.82) is 0 Å². The van der Waals surface area contributed by atoms with Crippen molar-refractivity contribution >= 4 is 11.6 Å². The summed E-state index contributed by atoms with van der Waals surface area (Å²) in [7, 11) is 0. The molecule has 1 heterocycles. The van der Waals surface area contributed by atoms with Crippen molar-refractivity contribution in [3.05, 3.63) is 53.6 Å². The summed E-state index contributed by atoms with van der Waals surface area (Å²) in [5, 5.41) is -0.288. The van der Waals surface area contributed by atoms with Crippen molar-refractivity contribution in [1.82, 2.24) is 0 Å². The molecule has 21 heavy (non-hydrogen) atoms. The van der Waals surface area contributed by atoms with Gasteiger partial charge in [0.2, 0.25) is 0 Å². The van der Waals surface area contributed by atoms with Crippen molar-refractivity contribution in [3.63, 3.8) is 0 Å². The quantitative estimate of drug-likeness (QED) is 0.793. The zero-order valence-corrected chi connectivity index (χ0v) is 12.6. The van der Waals surface area contributed by atoms with Gasteiger partial charge >= 0.3 is 0 Å². The standard InChI is InChI=1S/C17H17ClO3/c1-2-19-14-6-4-3-5-13(14)17(18)12-7-8-15-16(11-12)21-10-9-20-15/h3-8,11,17H,2,9-10H2,1H3. The zero-order chi connectivity index (χ0) is 14.7. The number of para-hydroxylation sites is 1. The van der Waals surface area contributed by atoms with E-state index in [1.165, 1.54) is 0 Å². The molecule has 0 amide bonds. The van der Waals surface area contributed by atoms with E-state index in [-0.39, 0.29) is 5.38 Å². The largest absolute Gasteiger partial charge is 0.494 e. The smallest absolute Gasteiger partial charge is 0.161 e. The Hall–Kier alpha value is -1.87. The molecule has 0 N–H and O–H groups in total. The van der Waals surface area contributed by atoms with E-state index in [0.29, 0.717) is 19.8 Å². The van der Waals surface area contributed by atoms with Gasteiger partial charge in [0.25, 0.3) is 0 Å². The average Bonchev–Trinajstić information content (AvgIpc) is 2.54. The number of hydrogen-bond acceptors (Lipinski definition) is 3. The summed E-state index contributed by atoms with van der Waals surface area (Å²) in [4.78, 5) is 0. The van der Waals surface area contributed by atoms with Crippen molar-refractivity contribution < 1.29 is 14.2 Å². The Balaban J connectivity index is 1.93. The van der Waals surface area contributed by atoms with Crippen LogP contribution < -0.4 is 14.2 Å². The molecule has 1 unspecified atom stereocenters. The molecule has 0 fully saturated rings. The summed E-state index contributed by atoms with van der Waals surface area (Å²) < 4.78 is 16.8. The first kappa shape index (κ1) is 14.1. The second-order valence-electron chi connectivity index (χ2n) is 4.74. The summed E-state index contributed by atoms with van der Waals surface area (Å²) in [5.74, 6) is 2.33. The van der Waals surface area contributed by atoms with Gasteiger partial charge in [-0.05, 0) is 30.7 Å². The number of alkyl halides is 1. The van der Waals surface area contributed by atoms with Crippen molar-refractivity contribution in [3.8, 4) is 17.2 Å². The molecule has 0 saturated heterocycles. The summed E-state index contributed by atoms with van der Waals surface area (Å²) in [6, 6.07) is 13.6. The zero-order valence-electron chi connectivity index (χ0n) is 11.8. The average molecular weight is 305 g/mol. The third-order valence-corrected chi connectivity index (χ3v) is 3.84. The Morgan fingerprint density at radius 2 is 1.86 bits per heavy atom. The highest BCUT2D eigenvalue weighted by atomic mass is 35.5. The predicted octanol–water partition coefficient (Wildman–Crippen LogP) is 4.18. The van der Waals surface area contributed by atoms with Crippen LogP contribution in [0.5, 0.6) is 17.2 Å². The van der Waals surface area contributed by atoms with Gasteiger partial charge in [0.15, 0.2) is 11.5 Å². The lowest BCUT2D eigenvalue weighted by molar-refractivity contribution is 0.171. The molecular weight excluding hydrogens is 288 g/mol. The summed E-state index contributed by atoms with van der Waals surface area (Å²) >= 11 is 6.64. The molecule has 2 aromatic rings. The highest BCUT2D eigenvalue weighted by Gasteiger charge is 2.19. The Bertz CT molecular complexity index is 627. The Kier molecular flexibility index (Phi) is 4.20. The summed E-state index contributed by atoms with van der Waals surface area (Å²) in [5.41, 5.74) is 1.92. The maximum absolute atomic E-state index is 6.64. The number of ether oxygens (including phenoxy) is 3. The Morgan fingerprint density at radius 1 is 1.10 bits per heavy atom. The van der Waals surface area contributed by atoms with Gasteiger partial charge in [-0.3, -0.25) is 0 Å². The first-order valence-electron chi connectivity index (χ1n) is 7.05. The number of rotatable bonds is 4. The van der Waals surface area contributed by atoms with Crippen LogP contribution in [-0.2, 0) is 0 Å². The molecule has 2 aromatic carbocycles. The van der Waals surface area contributed by atoms with Crippen LogP contribution in [0.2, 0.25) is 0 Å². The van der Waals surface area contributed by atoms with Crippen molar-refractivity contribution in [2.75, 3.05) is 19.8 Å². The molecule has 0 aliphatic carbocycles. The first-order chi connectivity index (χ1) is 10.3. The maximum Gasteiger partial charge on any atom is 0.161 e. The van der Waals surface area contributed by atoms with Crippen molar-refractivity contribution in [2.45, 2.75) is 12.3 Å². The summed E-state index contributed by atoms with van der Waals surface area (Å²) in [6.07, 6.45) is 0. The molecular formula is C17H17ClO3. The molecule has 3 rings (SSSR count). The van der Waals surface area contributed by atoms with Crippen LogP contribution in [0, 0.1) is 0 Å². The number of fused-ring (bicyclic) bond motifs is 1. The normalized spacial score (nSPS) is 14.6. The molecule has 4 heteroatoms. The second kappa shape index (κ2) is 6.27. The molecule has 0 bridgehead atoms. The lowest BCUT2D eigenvalue weighted by Gasteiger charge is -2.21. The number of halogens is 1. The minimum Gasteiger partial charge on any atom is -0.494 e. The SMILES string of the molecule is CCOc1ccccc1C(Cl)c1ccc2c(c1)OCCO2. The third-order valence-electron chi connectivity index (χ3n) is 3.35. The van der Waals surface area contributed by atoms with E-state index < -0.39 is 0 Å². The van der Waals surface area contributed by atoms with Crippen molar-refractivity contribution in [2.24, 2.45) is 0 Å². The van der Waals surface area contributed by atoms with E-state index in [1.807, 2.05) is 49.4 Å². The molecule has 1 aliphatic rings. The highest BCUT2D eigenvalue weighted by molar-refractivity contribution is 6.22. The van der Waals surface area contributed by atoms with Gasteiger partial charge in [-0.1, -0.05) is 24.3 Å². The van der Waals surface area contributed by atoms with Crippen LogP contribution >= 0.6 is 11.6 Å². The lowest BCUT2D eigenvalue weighted by Crippen LogP contribution is -2.15. The van der Waals surface area contributed by atoms with Crippen LogP contribution in [0.1, 0.15) is 23.4 Å². The van der Waals surface area contributed by atoms with Gasteiger partial charge in [0.1, 0.15) is 19.0 Å². The topological polar surface area (TPSA) is 27.7 Å². The fraction of sp³-hybridized carbons (Fsp3) is 0.294. The highest BCUT2D eigenvalue weighted by Crippen LogP contribution is 2.39. The maximum atomic E-state index is 6.64. The van der Waals surface area contributed by atoms with Gasteiger partial charge in [0.05, 0.1) is 12.0 Å². The molecule has 1 atom stereocenters. The molecule has 3 nitrogen and oxygen atoms in total. The van der Waals surface area contributed by atoms with Crippen LogP contribution in [0.25, 0.3) is 0 Å². The number of benzene rings is 2. The minimum atomic E-state index is -0.288. The van der Waals surface area contributed by atoms with Gasteiger partial charge in [0, 0.05) is 5.56 Å². The summed E-state index contributed by atoms with van der Waals surface area (Å²) in [6.45, 7) is 3.73. The van der Waals surface area contributed by atoms with Gasteiger partial charge in [-0.2, -0.15) is 0 Å².